The van der Waals surface area contributed by atoms with Crippen molar-refractivity contribution in [2.75, 3.05) is 31.6 Å². The van der Waals surface area contributed by atoms with Gasteiger partial charge in [-0.25, -0.2) is 0 Å². The summed E-state index contributed by atoms with van der Waals surface area (Å²) in [6.45, 7) is 3.71. The lowest BCUT2D eigenvalue weighted by atomic mass is 9.83. The Kier molecular flexibility index (Phi) is 4.95. The summed E-state index contributed by atoms with van der Waals surface area (Å²) >= 11 is 1.90. The second-order valence-electron chi connectivity index (χ2n) is 6.44. The van der Waals surface area contributed by atoms with Gasteiger partial charge in [0, 0.05) is 38.1 Å². The van der Waals surface area contributed by atoms with Crippen molar-refractivity contribution in [1.29, 1.82) is 0 Å². The fraction of sp³-hybridized carbons (Fsp3) is 0.556. The standard InChI is InChI=1S/C18H24N2O2S/c1-13-3-5-14(6-4-13)17-15(7-8-16(21)19(17)2)18(22)20-9-11-23-12-10-20/h3-6,15,17H,7-12H2,1-2H3/t15-,17+/m0/s1. The van der Waals surface area contributed by atoms with E-state index in [4.69, 9.17) is 0 Å². The Labute approximate surface area is 142 Å². The van der Waals surface area contributed by atoms with Crippen LogP contribution in [0.3, 0.4) is 0 Å². The molecule has 0 unspecified atom stereocenters. The predicted octanol–water partition coefficient (Wildman–Crippen LogP) is 2.48. The largest absolute Gasteiger partial charge is 0.341 e. The first kappa shape index (κ1) is 16.4. The molecule has 0 aliphatic carbocycles. The highest BCUT2D eigenvalue weighted by Crippen LogP contribution is 2.37. The van der Waals surface area contributed by atoms with Gasteiger partial charge in [-0.3, -0.25) is 9.59 Å². The highest BCUT2D eigenvalue weighted by atomic mass is 32.2. The van der Waals surface area contributed by atoms with Gasteiger partial charge in [-0.05, 0) is 18.9 Å². The molecule has 0 bridgehead atoms. The number of benzene rings is 1. The molecule has 2 aliphatic heterocycles. The molecular formula is C18H24N2O2S. The van der Waals surface area contributed by atoms with Crippen molar-refractivity contribution >= 4 is 23.6 Å². The quantitative estimate of drug-likeness (QED) is 0.835. The molecule has 1 aromatic rings. The second-order valence-corrected chi connectivity index (χ2v) is 7.67. The van der Waals surface area contributed by atoms with Crippen molar-refractivity contribution < 1.29 is 9.59 Å². The fourth-order valence-electron chi connectivity index (χ4n) is 3.53. The van der Waals surface area contributed by atoms with E-state index >= 15 is 0 Å². The van der Waals surface area contributed by atoms with Crippen LogP contribution >= 0.6 is 11.8 Å². The van der Waals surface area contributed by atoms with Gasteiger partial charge in [-0.15, -0.1) is 0 Å². The number of hydrogen-bond donors (Lipinski definition) is 0. The van der Waals surface area contributed by atoms with E-state index in [1.807, 2.05) is 30.6 Å². The molecule has 5 heteroatoms. The summed E-state index contributed by atoms with van der Waals surface area (Å²) in [6, 6.07) is 8.09. The molecule has 124 valence electrons. The maximum atomic E-state index is 13.0. The molecule has 3 rings (SSSR count). The third-order valence-corrected chi connectivity index (χ3v) is 5.86. The summed E-state index contributed by atoms with van der Waals surface area (Å²) < 4.78 is 0. The van der Waals surface area contributed by atoms with Gasteiger partial charge in [0.15, 0.2) is 0 Å². The summed E-state index contributed by atoms with van der Waals surface area (Å²) in [5, 5.41) is 0. The first-order chi connectivity index (χ1) is 11.1. The monoisotopic (exact) mass is 332 g/mol. The van der Waals surface area contributed by atoms with E-state index in [9.17, 15) is 9.59 Å². The molecule has 2 amide bonds. The number of carbonyl (C=O) groups is 2. The van der Waals surface area contributed by atoms with Gasteiger partial charge < -0.3 is 9.80 Å². The van der Waals surface area contributed by atoms with Gasteiger partial charge in [-0.2, -0.15) is 11.8 Å². The molecule has 0 N–H and O–H groups in total. The lowest BCUT2D eigenvalue weighted by Gasteiger charge is -2.41. The minimum Gasteiger partial charge on any atom is -0.341 e. The molecule has 2 atom stereocenters. The van der Waals surface area contributed by atoms with Crippen LogP contribution in [0, 0.1) is 12.8 Å². The van der Waals surface area contributed by atoms with Crippen molar-refractivity contribution in [3.63, 3.8) is 0 Å². The number of nitrogens with zero attached hydrogens (tertiary/aromatic N) is 2. The number of likely N-dealkylation sites (tertiary alicyclic amines) is 1. The molecule has 2 saturated heterocycles. The Balaban J connectivity index is 1.87. The normalized spacial score (nSPS) is 25.6. The highest BCUT2D eigenvalue weighted by Gasteiger charge is 2.40. The highest BCUT2D eigenvalue weighted by molar-refractivity contribution is 7.99. The molecule has 2 heterocycles. The van der Waals surface area contributed by atoms with Crippen LogP contribution in [0.1, 0.15) is 30.0 Å². The Bertz CT molecular complexity index is 581. The topological polar surface area (TPSA) is 40.6 Å². The zero-order valence-electron chi connectivity index (χ0n) is 13.8. The third kappa shape index (κ3) is 3.39. The zero-order chi connectivity index (χ0) is 16.4. The molecule has 0 aromatic heterocycles. The van der Waals surface area contributed by atoms with Gasteiger partial charge in [0.25, 0.3) is 0 Å². The van der Waals surface area contributed by atoms with Crippen LogP contribution in [0.25, 0.3) is 0 Å². The van der Waals surface area contributed by atoms with Gasteiger partial charge >= 0.3 is 0 Å². The van der Waals surface area contributed by atoms with Gasteiger partial charge in [0.2, 0.25) is 11.8 Å². The minimum atomic E-state index is -0.140. The van der Waals surface area contributed by atoms with Crippen LogP contribution in [0.4, 0.5) is 0 Å². The van der Waals surface area contributed by atoms with Gasteiger partial charge in [0.1, 0.15) is 0 Å². The van der Waals surface area contributed by atoms with Crippen molar-refractivity contribution in [3.05, 3.63) is 35.4 Å². The number of carbonyl (C=O) groups excluding carboxylic acids is 2. The van der Waals surface area contributed by atoms with E-state index in [0.29, 0.717) is 12.8 Å². The third-order valence-electron chi connectivity index (χ3n) is 4.92. The second kappa shape index (κ2) is 6.95. The average molecular weight is 332 g/mol. The van der Waals surface area contributed by atoms with Crippen LogP contribution < -0.4 is 0 Å². The van der Waals surface area contributed by atoms with Crippen LogP contribution in [0.5, 0.6) is 0 Å². The fourth-order valence-corrected chi connectivity index (χ4v) is 4.44. The van der Waals surface area contributed by atoms with E-state index in [0.717, 1.165) is 30.2 Å². The van der Waals surface area contributed by atoms with Crippen LogP contribution in [-0.2, 0) is 9.59 Å². The summed E-state index contributed by atoms with van der Waals surface area (Å²) in [6.07, 6.45) is 1.13. The van der Waals surface area contributed by atoms with Crippen molar-refractivity contribution in [2.45, 2.75) is 25.8 Å². The van der Waals surface area contributed by atoms with E-state index < -0.39 is 0 Å². The van der Waals surface area contributed by atoms with Crippen LogP contribution in [0.15, 0.2) is 24.3 Å². The Hall–Kier alpha value is -1.49. The molecule has 23 heavy (non-hydrogen) atoms. The van der Waals surface area contributed by atoms with Crippen molar-refractivity contribution in [3.8, 4) is 0 Å². The van der Waals surface area contributed by atoms with Gasteiger partial charge in [-0.1, -0.05) is 29.8 Å². The number of hydrogen-bond acceptors (Lipinski definition) is 3. The van der Waals surface area contributed by atoms with Crippen molar-refractivity contribution in [1.82, 2.24) is 9.80 Å². The van der Waals surface area contributed by atoms with E-state index in [1.165, 1.54) is 5.56 Å². The Morgan fingerprint density at radius 2 is 1.83 bits per heavy atom. The summed E-state index contributed by atoms with van der Waals surface area (Å²) in [7, 11) is 1.83. The van der Waals surface area contributed by atoms with Gasteiger partial charge in [0.05, 0.1) is 12.0 Å². The lowest BCUT2D eigenvalue weighted by Crippen LogP contribution is -2.49. The SMILES string of the molecule is Cc1ccc([C@@H]2[C@@H](C(=O)N3CCSCC3)CCC(=O)N2C)cc1. The molecule has 0 spiro atoms. The Morgan fingerprint density at radius 1 is 1.17 bits per heavy atom. The number of thioether (sulfide) groups is 1. The number of amides is 2. The maximum Gasteiger partial charge on any atom is 0.228 e. The molecule has 1 aromatic carbocycles. The van der Waals surface area contributed by atoms with E-state index in [-0.39, 0.29) is 23.8 Å². The summed E-state index contributed by atoms with van der Waals surface area (Å²) in [5.74, 6) is 2.26. The smallest absolute Gasteiger partial charge is 0.228 e. The molecule has 2 aliphatic rings. The molecular weight excluding hydrogens is 308 g/mol. The first-order valence-corrected chi connectivity index (χ1v) is 9.42. The first-order valence-electron chi connectivity index (χ1n) is 8.26. The van der Waals surface area contributed by atoms with Crippen molar-refractivity contribution in [2.24, 2.45) is 5.92 Å². The molecule has 4 nitrogen and oxygen atoms in total. The maximum absolute atomic E-state index is 13.0. The lowest BCUT2D eigenvalue weighted by molar-refractivity contribution is -0.146. The molecule has 0 saturated carbocycles. The van der Waals surface area contributed by atoms with Crippen LogP contribution in [0.2, 0.25) is 0 Å². The summed E-state index contributed by atoms with van der Waals surface area (Å²) in [5.41, 5.74) is 2.25. The average Bonchev–Trinajstić information content (AvgIpc) is 2.58. The number of rotatable bonds is 2. The summed E-state index contributed by atoms with van der Waals surface area (Å²) in [4.78, 5) is 29.0. The van der Waals surface area contributed by atoms with E-state index in [2.05, 4.69) is 24.3 Å². The number of piperidine rings is 1. The zero-order valence-corrected chi connectivity index (χ0v) is 14.6. The predicted molar refractivity (Wildman–Crippen MR) is 93.3 cm³/mol. The van der Waals surface area contributed by atoms with Crippen LogP contribution in [-0.4, -0.2) is 53.3 Å². The number of aryl methyl sites for hydroxylation is 1. The Morgan fingerprint density at radius 3 is 2.48 bits per heavy atom. The molecule has 0 radical (unpaired) electrons. The van der Waals surface area contributed by atoms with E-state index in [1.54, 1.807) is 4.90 Å². The molecule has 2 fully saturated rings. The minimum absolute atomic E-state index is 0.122.